The normalized spacial score (nSPS) is 12.1. The summed E-state index contributed by atoms with van der Waals surface area (Å²) in [7, 11) is 0. The molecule has 1 atom stereocenters. The van der Waals surface area contributed by atoms with E-state index in [1.807, 2.05) is 0 Å². The van der Waals surface area contributed by atoms with Crippen LogP contribution in [0.3, 0.4) is 0 Å². The van der Waals surface area contributed by atoms with Crippen molar-refractivity contribution >= 4 is 11.9 Å². The van der Waals surface area contributed by atoms with Crippen LogP contribution in [0.15, 0.2) is 10.6 Å². The molecule has 3 N–H and O–H groups in total. The molecule has 1 heterocycles. The van der Waals surface area contributed by atoms with E-state index in [9.17, 15) is 9.59 Å². The Morgan fingerprint density at radius 1 is 1.67 bits per heavy atom. The Bertz CT molecular complexity index is 373. The summed E-state index contributed by atoms with van der Waals surface area (Å²) >= 11 is 0. The minimum Gasteiger partial charge on any atom is -0.480 e. The maximum atomic E-state index is 11.3. The van der Waals surface area contributed by atoms with Gasteiger partial charge in [-0.15, -0.1) is 0 Å². The van der Waals surface area contributed by atoms with E-state index in [4.69, 9.17) is 10.2 Å². The molecule has 1 aromatic heterocycles. The van der Waals surface area contributed by atoms with E-state index < -0.39 is 24.5 Å². The lowest BCUT2D eigenvalue weighted by Gasteiger charge is -2.09. The smallest absolute Gasteiger partial charge is 0.328 e. The van der Waals surface area contributed by atoms with E-state index in [-0.39, 0.29) is 5.69 Å². The number of aryl methyl sites for hydroxylation is 1. The number of aliphatic carboxylic acids is 1. The zero-order valence-corrected chi connectivity index (χ0v) is 7.93. The molecule has 0 unspecified atom stereocenters. The molecular formula is C8H10N2O5. The SMILES string of the molecule is Cc1cc(C(=O)N[C@H](CO)C(=O)O)no1. The number of amides is 1. The molecule has 0 saturated heterocycles. The van der Waals surface area contributed by atoms with Gasteiger partial charge in [0.1, 0.15) is 5.76 Å². The molecule has 0 fully saturated rings. The van der Waals surface area contributed by atoms with Crippen LogP contribution < -0.4 is 5.32 Å². The van der Waals surface area contributed by atoms with Crippen LogP contribution in [0.2, 0.25) is 0 Å². The standard InChI is InChI=1S/C8H10N2O5/c1-4-2-5(10-15-4)7(12)9-6(3-11)8(13)14/h2,6,11H,3H2,1H3,(H,9,12)(H,13,14)/t6-/m1/s1. The van der Waals surface area contributed by atoms with E-state index in [0.717, 1.165) is 0 Å². The Kier molecular flexibility index (Phi) is 3.40. The molecule has 7 heteroatoms. The van der Waals surface area contributed by atoms with Gasteiger partial charge in [0, 0.05) is 6.07 Å². The fraction of sp³-hybridized carbons (Fsp3) is 0.375. The second kappa shape index (κ2) is 4.56. The molecule has 0 aliphatic rings. The van der Waals surface area contributed by atoms with Crippen molar-refractivity contribution in [2.45, 2.75) is 13.0 Å². The first kappa shape index (κ1) is 11.2. The van der Waals surface area contributed by atoms with Crippen LogP contribution in [0.25, 0.3) is 0 Å². The maximum absolute atomic E-state index is 11.3. The molecule has 1 aromatic rings. The van der Waals surface area contributed by atoms with Crippen molar-refractivity contribution in [3.05, 3.63) is 17.5 Å². The number of carbonyl (C=O) groups excluding carboxylic acids is 1. The minimum absolute atomic E-state index is 0.0211. The second-order valence-corrected chi connectivity index (χ2v) is 2.87. The first-order chi connectivity index (χ1) is 7.04. The minimum atomic E-state index is -1.34. The van der Waals surface area contributed by atoms with Gasteiger partial charge in [-0.2, -0.15) is 0 Å². The molecule has 1 rings (SSSR count). The van der Waals surface area contributed by atoms with Gasteiger partial charge < -0.3 is 20.1 Å². The zero-order valence-electron chi connectivity index (χ0n) is 7.93. The van der Waals surface area contributed by atoms with Crippen molar-refractivity contribution in [2.24, 2.45) is 0 Å². The third kappa shape index (κ3) is 2.78. The number of nitrogens with zero attached hydrogens (tertiary/aromatic N) is 1. The molecule has 0 bridgehead atoms. The summed E-state index contributed by atoms with van der Waals surface area (Å²) in [5.74, 6) is -1.57. The second-order valence-electron chi connectivity index (χ2n) is 2.87. The van der Waals surface area contributed by atoms with Crippen LogP contribution >= 0.6 is 0 Å². The van der Waals surface area contributed by atoms with Crippen molar-refractivity contribution in [3.63, 3.8) is 0 Å². The summed E-state index contributed by atoms with van der Waals surface area (Å²) in [6.07, 6.45) is 0. The van der Waals surface area contributed by atoms with Crippen LogP contribution in [0.1, 0.15) is 16.2 Å². The quantitative estimate of drug-likeness (QED) is 0.602. The Labute approximate surface area is 84.7 Å². The predicted octanol–water partition coefficient (Wildman–Crippen LogP) is -0.842. The lowest BCUT2D eigenvalue weighted by Crippen LogP contribution is -2.43. The Morgan fingerprint density at radius 2 is 2.33 bits per heavy atom. The van der Waals surface area contributed by atoms with E-state index in [1.165, 1.54) is 6.07 Å². The van der Waals surface area contributed by atoms with E-state index in [1.54, 1.807) is 6.92 Å². The third-order valence-electron chi connectivity index (χ3n) is 1.65. The first-order valence-electron chi connectivity index (χ1n) is 4.12. The number of aliphatic hydroxyl groups excluding tert-OH is 1. The highest BCUT2D eigenvalue weighted by molar-refractivity contribution is 5.94. The van der Waals surface area contributed by atoms with Gasteiger partial charge in [0.25, 0.3) is 5.91 Å². The topological polar surface area (TPSA) is 113 Å². The maximum Gasteiger partial charge on any atom is 0.328 e. The third-order valence-corrected chi connectivity index (χ3v) is 1.65. The highest BCUT2D eigenvalue weighted by atomic mass is 16.5. The number of carboxylic acids is 1. The average Bonchev–Trinajstić information content (AvgIpc) is 2.60. The van der Waals surface area contributed by atoms with Gasteiger partial charge in [-0.25, -0.2) is 4.79 Å². The predicted molar refractivity (Wildman–Crippen MR) is 47.2 cm³/mol. The number of aliphatic hydroxyl groups is 1. The number of carboxylic acid groups (broad SMARTS) is 1. The zero-order chi connectivity index (χ0) is 11.4. The van der Waals surface area contributed by atoms with Gasteiger partial charge in [0.05, 0.1) is 6.61 Å². The van der Waals surface area contributed by atoms with Gasteiger partial charge in [-0.05, 0) is 6.92 Å². The molecule has 15 heavy (non-hydrogen) atoms. The Hall–Kier alpha value is -1.89. The monoisotopic (exact) mass is 214 g/mol. The number of rotatable bonds is 4. The van der Waals surface area contributed by atoms with Gasteiger partial charge in [-0.3, -0.25) is 4.79 Å². The fourth-order valence-electron chi connectivity index (χ4n) is 0.891. The number of carbonyl (C=O) groups is 2. The van der Waals surface area contributed by atoms with Crippen LogP contribution in [0.5, 0.6) is 0 Å². The van der Waals surface area contributed by atoms with Gasteiger partial charge in [0.15, 0.2) is 11.7 Å². The molecule has 1 amide bonds. The molecule has 0 aromatic carbocycles. The molecule has 0 aliphatic heterocycles. The average molecular weight is 214 g/mol. The number of aromatic nitrogens is 1. The highest BCUT2D eigenvalue weighted by Gasteiger charge is 2.21. The summed E-state index contributed by atoms with van der Waals surface area (Å²) in [5, 5.41) is 22.7. The summed E-state index contributed by atoms with van der Waals surface area (Å²) in [5.41, 5.74) is -0.0211. The van der Waals surface area contributed by atoms with Gasteiger partial charge in [0.2, 0.25) is 0 Å². The van der Waals surface area contributed by atoms with Crippen molar-refractivity contribution in [1.29, 1.82) is 0 Å². The fourth-order valence-corrected chi connectivity index (χ4v) is 0.891. The van der Waals surface area contributed by atoms with Crippen LogP contribution in [0.4, 0.5) is 0 Å². The van der Waals surface area contributed by atoms with Gasteiger partial charge in [-0.1, -0.05) is 5.16 Å². The van der Waals surface area contributed by atoms with Crippen molar-refractivity contribution in [1.82, 2.24) is 10.5 Å². The van der Waals surface area contributed by atoms with E-state index in [2.05, 4.69) is 15.0 Å². The summed E-state index contributed by atoms with van der Waals surface area (Å²) < 4.78 is 4.64. The van der Waals surface area contributed by atoms with Crippen molar-refractivity contribution in [2.75, 3.05) is 6.61 Å². The van der Waals surface area contributed by atoms with Crippen LogP contribution in [-0.4, -0.2) is 39.9 Å². The lowest BCUT2D eigenvalue weighted by atomic mass is 10.3. The molecule has 7 nitrogen and oxygen atoms in total. The highest BCUT2D eigenvalue weighted by Crippen LogP contribution is 2.01. The first-order valence-corrected chi connectivity index (χ1v) is 4.12. The molecular weight excluding hydrogens is 204 g/mol. The summed E-state index contributed by atoms with van der Waals surface area (Å²) in [6.45, 7) is 0.919. The molecule has 0 spiro atoms. The summed E-state index contributed by atoms with van der Waals surface area (Å²) in [4.78, 5) is 21.8. The van der Waals surface area contributed by atoms with E-state index >= 15 is 0 Å². The number of hydrogen-bond acceptors (Lipinski definition) is 5. The summed E-state index contributed by atoms with van der Waals surface area (Å²) in [6, 6.07) is 0.0283. The van der Waals surface area contributed by atoms with Crippen molar-refractivity contribution < 1.29 is 24.3 Å². The van der Waals surface area contributed by atoms with Crippen LogP contribution in [-0.2, 0) is 4.79 Å². The number of hydrogen-bond donors (Lipinski definition) is 3. The number of nitrogens with one attached hydrogen (secondary N) is 1. The largest absolute Gasteiger partial charge is 0.480 e. The molecule has 0 aliphatic carbocycles. The molecule has 82 valence electrons. The Balaban J connectivity index is 2.66. The molecule has 0 saturated carbocycles. The molecule has 0 radical (unpaired) electrons. The van der Waals surface area contributed by atoms with Crippen molar-refractivity contribution in [3.8, 4) is 0 Å². The van der Waals surface area contributed by atoms with Crippen LogP contribution in [0, 0.1) is 6.92 Å². The lowest BCUT2D eigenvalue weighted by molar-refractivity contribution is -0.140. The van der Waals surface area contributed by atoms with E-state index in [0.29, 0.717) is 5.76 Å². The Morgan fingerprint density at radius 3 is 2.73 bits per heavy atom. The van der Waals surface area contributed by atoms with Gasteiger partial charge >= 0.3 is 5.97 Å².